The summed E-state index contributed by atoms with van der Waals surface area (Å²) in [6.07, 6.45) is -0.0614. The minimum Gasteiger partial charge on any atom is -0.459 e. The first kappa shape index (κ1) is 13.8. The molecule has 1 aromatic rings. The topological polar surface area (TPSA) is 64.8 Å². The van der Waals surface area contributed by atoms with E-state index >= 15 is 0 Å². The molecule has 5 heteroatoms. The zero-order valence-electron chi connectivity index (χ0n) is 11.4. The molecule has 0 bridgehead atoms. The molecule has 2 N–H and O–H groups in total. The fraction of sp³-hybridized carbons (Fsp3) is 0.500. The standard InChI is InChI=1S/C14H20N2O3/c1-10-3-4-13(15)12(7-10)14(17)19-9-11-8-16(2)5-6-18-11/h3-4,7,11H,5-6,8-9,15H2,1-2H3. The van der Waals surface area contributed by atoms with Gasteiger partial charge in [-0.1, -0.05) is 11.6 Å². The predicted molar refractivity (Wildman–Crippen MR) is 73.1 cm³/mol. The molecule has 0 radical (unpaired) electrons. The highest BCUT2D eigenvalue weighted by Gasteiger charge is 2.20. The summed E-state index contributed by atoms with van der Waals surface area (Å²) in [7, 11) is 2.02. The van der Waals surface area contributed by atoms with E-state index in [4.69, 9.17) is 15.2 Å². The van der Waals surface area contributed by atoms with Crippen LogP contribution in [0.3, 0.4) is 0 Å². The Morgan fingerprint density at radius 3 is 3.11 bits per heavy atom. The smallest absolute Gasteiger partial charge is 0.340 e. The molecule has 2 rings (SSSR count). The van der Waals surface area contributed by atoms with Crippen molar-refractivity contribution in [3.8, 4) is 0 Å². The number of anilines is 1. The van der Waals surface area contributed by atoms with E-state index in [0.29, 0.717) is 17.9 Å². The lowest BCUT2D eigenvalue weighted by molar-refractivity contribution is -0.0528. The predicted octanol–water partition coefficient (Wildman–Crippen LogP) is 1.06. The van der Waals surface area contributed by atoms with Crippen LogP contribution < -0.4 is 5.73 Å². The number of hydrogen-bond donors (Lipinski definition) is 1. The van der Waals surface area contributed by atoms with Crippen molar-refractivity contribution in [3.63, 3.8) is 0 Å². The molecule has 0 aliphatic carbocycles. The Hall–Kier alpha value is -1.59. The molecule has 1 atom stereocenters. The van der Waals surface area contributed by atoms with Crippen LogP contribution in [0.15, 0.2) is 18.2 Å². The summed E-state index contributed by atoms with van der Waals surface area (Å²) >= 11 is 0. The number of aryl methyl sites for hydroxylation is 1. The van der Waals surface area contributed by atoms with Crippen LogP contribution >= 0.6 is 0 Å². The minimum atomic E-state index is -0.391. The van der Waals surface area contributed by atoms with E-state index < -0.39 is 5.97 Å². The van der Waals surface area contributed by atoms with Crippen LogP contribution in [0.2, 0.25) is 0 Å². The van der Waals surface area contributed by atoms with Crippen LogP contribution in [0.4, 0.5) is 5.69 Å². The molecule has 0 amide bonds. The number of nitrogen functional groups attached to an aromatic ring is 1. The lowest BCUT2D eigenvalue weighted by Gasteiger charge is -2.29. The molecule has 0 spiro atoms. The normalized spacial score (nSPS) is 20.2. The largest absolute Gasteiger partial charge is 0.459 e. The fourth-order valence-corrected chi connectivity index (χ4v) is 2.06. The van der Waals surface area contributed by atoms with Crippen LogP contribution in [0.5, 0.6) is 0 Å². The number of morpholine rings is 1. The van der Waals surface area contributed by atoms with Crippen molar-refractivity contribution >= 4 is 11.7 Å². The Labute approximate surface area is 113 Å². The quantitative estimate of drug-likeness (QED) is 0.653. The summed E-state index contributed by atoms with van der Waals surface area (Å²) in [4.78, 5) is 14.1. The monoisotopic (exact) mass is 264 g/mol. The van der Waals surface area contributed by atoms with Crippen molar-refractivity contribution in [2.75, 3.05) is 39.1 Å². The van der Waals surface area contributed by atoms with Crippen molar-refractivity contribution in [1.82, 2.24) is 4.90 Å². The van der Waals surface area contributed by atoms with Gasteiger partial charge in [-0.3, -0.25) is 0 Å². The number of hydrogen-bond acceptors (Lipinski definition) is 5. The number of nitrogens with zero attached hydrogens (tertiary/aromatic N) is 1. The summed E-state index contributed by atoms with van der Waals surface area (Å²) in [5, 5.41) is 0. The number of rotatable bonds is 3. The Morgan fingerprint density at radius 1 is 1.58 bits per heavy atom. The molecule has 0 aromatic heterocycles. The van der Waals surface area contributed by atoms with Crippen LogP contribution in [0.1, 0.15) is 15.9 Å². The highest BCUT2D eigenvalue weighted by Crippen LogP contribution is 2.15. The molecular formula is C14H20N2O3. The number of esters is 1. The van der Waals surface area contributed by atoms with E-state index in [0.717, 1.165) is 18.7 Å². The number of ether oxygens (including phenoxy) is 2. The number of benzene rings is 1. The second-order valence-electron chi connectivity index (χ2n) is 4.94. The van der Waals surface area contributed by atoms with E-state index in [2.05, 4.69) is 4.90 Å². The molecule has 19 heavy (non-hydrogen) atoms. The highest BCUT2D eigenvalue weighted by atomic mass is 16.6. The van der Waals surface area contributed by atoms with Gasteiger partial charge >= 0.3 is 5.97 Å². The maximum atomic E-state index is 12.0. The molecule has 104 valence electrons. The third kappa shape index (κ3) is 3.68. The lowest BCUT2D eigenvalue weighted by atomic mass is 10.1. The van der Waals surface area contributed by atoms with Crippen LogP contribution in [0.25, 0.3) is 0 Å². The van der Waals surface area contributed by atoms with Gasteiger partial charge in [0.05, 0.1) is 12.2 Å². The van der Waals surface area contributed by atoms with Gasteiger partial charge in [0.2, 0.25) is 0 Å². The van der Waals surface area contributed by atoms with Gasteiger partial charge in [0, 0.05) is 18.8 Å². The Balaban J connectivity index is 1.92. The molecule has 1 aliphatic heterocycles. The second-order valence-corrected chi connectivity index (χ2v) is 4.94. The highest BCUT2D eigenvalue weighted by molar-refractivity contribution is 5.95. The maximum Gasteiger partial charge on any atom is 0.340 e. The van der Waals surface area contributed by atoms with Gasteiger partial charge in [-0.2, -0.15) is 0 Å². The molecule has 5 nitrogen and oxygen atoms in total. The first-order valence-corrected chi connectivity index (χ1v) is 6.39. The third-order valence-corrected chi connectivity index (χ3v) is 3.17. The Kier molecular flexibility index (Phi) is 4.39. The summed E-state index contributed by atoms with van der Waals surface area (Å²) in [5.74, 6) is -0.391. The average molecular weight is 264 g/mol. The van der Waals surface area contributed by atoms with Gasteiger partial charge in [-0.25, -0.2) is 4.79 Å². The van der Waals surface area contributed by atoms with Gasteiger partial charge in [-0.15, -0.1) is 0 Å². The summed E-state index contributed by atoms with van der Waals surface area (Å²) < 4.78 is 10.8. The Bertz CT molecular complexity index is 462. The average Bonchev–Trinajstić information content (AvgIpc) is 2.39. The van der Waals surface area contributed by atoms with Crippen molar-refractivity contribution in [2.45, 2.75) is 13.0 Å². The lowest BCUT2D eigenvalue weighted by Crippen LogP contribution is -2.42. The minimum absolute atomic E-state index is 0.0614. The zero-order chi connectivity index (χ0) is 13.8. The number of nitrogens with two attached hydrogens (primary N) is 1. The first-order valence-electron chi connectivity index (χ1n) is 6.39. The molecule has 0 saturated carbocycles. The molecule has 1 aliphatic rings. The molecule has 1 aromatic carbocycles. The van der Waals surface area contributed by atoms with Crippen molar-refractivity contribution < 1.29 is 14.3 Å². The van der Waals surface area contributed by atoms with Gasteiger partial charge in [0.15, 0.2) is 0 Å². The molecule has 1 saturated heterocycles. The van der Waals surface area contributed by atoms with Crippen LogP contribution in [0, 0.1) is 6.92 Å². The number of carbonyl (C=O) groups excluding carboxylic acids is 1. The SMILES string of the molecule is Cc1ccc(N)c(C(=O)OCC2CN(C)CCO2)c1. The van der Waals surface area contributed by atoms with E-state index in [1.54, 1.807) is 12.1 Å². The first-order chi connectivity index (χ1) is 9.06. The molecule has 1 heterocycles. The van der Waals surface area contributed by atoms with Gasteiger partial charge in [-0.05, 0) is 26.1 Å². The van der Waals surface area contributed by atoms with Crippen molar-refractivity contribution in [1.29, 1.82) is 0 Å². The third-order valence-electron chi connectivity index (χ3n) is 3.17. The van der Waals surface area contributed by atoms with Gasteiger partial charge in [0.1, 0.15) is 12.7 Å². The fourth-order valence-electron chi connectivity index (χ4n) is 2.06. The van der Waals surface area contributed by atoms with Crippen LogP contribution in [-0.2, 0) is 9.47 Å². The molecule has 1 unspecified atom stereocenters. The van der Waals surface area contributed by atoms with Gasteiger partial charge in [0.25, 0.3) is 0 Å². The summed E-state index contributed by atoms with van der Waals surface area (Å²) in [6.45, 7) is 4.53. The van der Waals surface area contributed by atoms with Gasteiger partial charge < -0.3 is 20.1 Å². The van der Waals surface area contributed by atoms with E-state index in [9.17, 15) is 4.79 Å². The van der Waals surface area contributed by atoms with Crippen molar-refractivity contribution in [2.24, 2.45) is 0 Å². The molecule has 1 fully saturated rings. The Morgan fingerprint density at radius 2 is 2.37 bits per heavy atom. The number of carbonyl (C=O) groups is 1. The zero-order valence-corrected chi connectivity index (χ0v) is 11.4. The second kappa shape index (κ2) is 6.04. The van der Waals surface area contributed by atoms with E-state index in [-0.39, 0.29) is 12.7 Å². The van der Waals surface area contributed by atoms with Crippen molar-refractivity contribution in [3.05, 3.63) is 29.3 Å². The molecular weight excluding hydrogens is 244 g/mol. The maximum absolute atomic E-state index is 12.0. The summed E-state index contributed by atoms with van der Waals surface area (Å²) in [5.41, 5.74) is 7.62. The van der Waals surface area contributed by atoms with E-state index in [1.165, 1.54) is 0 Å². The summed E-state index contributed by atoms with van der Waals surface area (Å²) in [6, 6.07) is 5.33. The van der Waals surface area contributed by atoms with Crippen LogP contribution in [-0.4, -0.2) is 50.3 Å². The number of likely N-dealkylation sites (N-methyl/N-ethyl adjacent to an activating group) is 1. The van der Waals surface area contributed by atoms with E-state index in [1.807, 2.05) is 20.0 Å².